The number of aromatic nitrogens is 5. The Kier molecular flexibility index (Phi) is 5.58. The van der Waals surface area contributed by atoms with Gasteiger partial charge in [-0.1, -0.05) is 59.1 Å². The van der Waals surface area contributed by atoms with Gasteiger partial charge in [-0.05, 0) is 25.1 Å². The molecule has 1 N–H and O–H groups in total. The molecule has 0 aliphatic heterocycles. The average molecular weight is 477 g/mol. The van der Waals surface area contributed by atoms with Crippen molar-refractivity contribution in [3.63, 3.8) is 0 Å². The van der Waals surface area contributed by atoms with E-state index in [2.05, 4.69) is 20.5 Å². The first kappa shape index (κ1) is 21.2. The summed E-state index contributed by atoms with van der Waals surface area (Å²) in [4.78, 5) is 17.4. The van der Waals surface area contributed by atoms with Crippen LogP contribution in [0.4, 0.5) is 5.69 Å². The topological polar surface area (TPSA) is 77.1 Å². The van der Waals surface area contributed by atoms with Gasteiger partial charge in [0.1, 0.15) is 5.56 Å². The van der Waals surface area contributed by atoms with Crippen molar-refractivity contribution in [1.82, 2.24) is 24.4 Å². The van der Waals surface area contributed by atoms with E-state index < -0.39 is 0 Å². The Hall–Kier alpha value is -3.68. The fourth-order valence-electron chi connectivity index (χ4n) is 3.55. The molecular formula is C24H18Cl2N6O. The van der Waals surface area contributed by atoms with E-state index in [1.165, 1.54) is 11.8 Å². The molecule has 0 bridgehead atoms. The van der Waals surface area contributed by atoms with Crippen molar-refractivity contribution in [3.8, 4) is 11.3 Å². The van der Waals surface area contributed by atoms with Crippen molar-refractivity contribution >= 4 is 40.4 Å². The first-order valence-corrected chi connectivity index (χ1v) is 10.9. The van der Waals surface area contributed by atoms with Gasteiger partial charge in [-0.3, -0.25) is 9.48 Å². The van der Waals surface area contributed by atoms with Gasteiger partial charge in [0.25, 0.3) is 5.91 Å². The SMILES string of the molecule is Cc1ccc(-c2ccnc3c(C(=O)Nc4cnn(Cc5c(Cl)cccc5Cl)c4)cnn23)cc1. The van der Waals surface area contributed by atoms with Crippen molar-refractivity contribution in [2.75, 3.05) is 5.32 Å². The lowest BCUT2D eigenvalue weighted by atomic mass is 10.1. The van der Waals surface area contributed by atoms with Crippen LogP contribution in [0.15, 0.2) is 73.3 Å². The molecule has 3 heterocycles. The molecule has 0 radical (unpaired) electrons. The Balaban J connectivity index is 1.38. The molecule has 0 spiro atoms. The number of nitrogens with one attached hydrogen (secondary N) is 1. The molecule has 5 rings (SSSR count). The lowest BCUT2D eigenvalue weighted by molar-refractivity contribution is 0.102. The van der Waals surface area contributed by atoms with Gasteiger partial charge in [0, 0.05) is 33.6 Å². The van der Waals surface area contributed by atoms with Gasteiger partial charge in [0.05, 0.1) is 30.3 Å². The fourth-order valence-corrected chi connectivity index (χ4v) is 4.07. The van der Waals surface area contributed by atoms with Gasteiger partial charge in [-0.15, -0.1) is 0 Å². The molecule has 0 saturated carbocycles. The number of hydrogen-bond acceptors (Lipinski definition) is 4. The summed E-state index contributed by atoms with van der Waals surface area (Å²) in [6.07, 6.45) is 6.48. The number of nitrogens with zero attached hydrogens (tertiary/aromatic N) is 5. The van der Waals surface area contributed by atoms with Gasteiger partial charge >= 0.3 is 0 Å². The second kappa shape index (κ2) is 8.69. The van der Waals surface area contributed by atoms with E-state index in [1.807, 2.05) is 37.3 Å². The maximum atomic E-state index is 13.0. The molecule has 0 unspecified atom stereocenters. The van der Waals surface area contributed by atoms with Crippen LogP contribution in [0, 0.1) is 6.92 Å². The van der Waals surface area contributed by atoms with Crippen LogP contribution >= 0.6 is 23.2 Å². The monoisotopic (exact) mass is 476 g/mol. The molecule has 33 heavy (non-hydrogen) atoms. The summed E-state index contributed by atoms with van der Waals surface area (Å²) >= 11 is 12.5. The normalized spacial score (nSPS) is 11.1. The number of carbonyl (C=O) groups excluding carboxylic acids is 1. The Morgan fingerprint density at radius 2 is 1.76 bits per heavy atom. The second-order valence-electron chi connectivity index (χ2n) is 7.57. The lowest BCUT2D eigenvalue weighted by Gasteiger charge is -2.07. The molecule has 7 nitrogen and oxygen atoms in total. The number of halogens is 2. The Bertz CT molecular complexity index is 1450. The third kappa shape index (κ3) is 4.20. The van der Waals surface area contributed by atoms with Crippen LogP contribution in [0.3, 0.4) is 0 Å². The highest BCUT2D eigenvalue weighted by atomic mass is 35.5. The third-order valence-electron chi connectivity index (χ3n) is 5.27. The number of rotatable bonds is 5. The average Bonchev–Trinajstić information content (AvgIpc) is 3.43. The molecule has 0 saturated heterocycles. The summed E-state index contributed by atoms with van der Waals surface area (Å²) < 4.78 is 3.33. The van der Waals surface area contributed by atoms with Gasteiger partial charge in [0.15, 0.2) is 5.65 Å². The van der Waals surface area contributed by atoms with Crippen molar-refractivity contribution in [2.45, 2.75) is 13.5 Å². The number of fused-ring (bicyclic) bond motifs is 1. The zero-order valence-electron chi connectivity index (χ0n) is 17.5. The van der Waals surface area contributed by atoms with E-state index in [0.29, 0.717) is 33.5 Å². The van der Waals surface area contributed by atoms with Gasteiger partial charge in [-0.25, -0.2) is 9.50 Å². The van der Waals surface area contributed by atoms with E-state index in [1.54, 1.807) is 46.0 Å². The number of benzene rings is 2. The maximum absolute atomic E-state index is 13.0. The van der Waals surface area contributed by atoms with E-state index in [0.717, 1.165) is 16.8 Å². The minimum absolute atomic E-state index is 0.325. The Morgan fingerprint density at radius 3 is 2.52 bits per heavy atom. The summed E-state index contributed by atoms with van der Waals surface area (Å²) in [5.74, 6) is -0.325. The number of hydrogen-bond donors (Lipinski definition) is 1. The fraction of sp³-hybridized carbons (Fsp3) is 0.0833. The predicted molar refractivity (Wildman–Crippen MR) is 129 cm³/mol. The standard InChI is InChI=1S/C24H18Cl2N6O/c1-15-5-7-16(8-6-15)22-9-10-27-23-18(12-29-32(22)23)24(33)30-17-11-28-31(13-17)14-19-20(25)3-2-4-21(19)26/h2-13H,14H2,1H3,(H,30,33). The molecule has 2 aromatic carbocycles. The highest BCUT2D eigenvalue weighted by molar-refractivity contribution is 6.36. The van der Waals surface area contributed by atoms with Crippen LogP contribution in [0.5, 0.6) is 0 Å². The van der Waals surface area contributed by atoms with Gasteiger partial charge in [-0.2, -0.15) is 10.2 Å². The van der Waals surface area contributed by atoms with Crippen LogP contribution in [0.1, 0.15) is 21.5 Å². The van der Waals surface area contributed by atoms with Crippen LogP contribution in [-0.4, -0.2) is 30.3 Å². The number of aryl methyl sites for hydroxylation is 1. The number of anilines is 1. The van der Waals surface area contributed by atoms with Gasteiger partial charge < -0.3 is 5.32 Å². The highest BCUT2D eigenvalue weighted by Gasteiger charge is 2.17. The molecule has 0 atom stereocenters. The van der Waals surface area contributed by atoms with E-state index >= 15 is 0 Å². The molecule has 164 valence electrons. The second-order valence-corrected chi connectivity index (χ2v) is 8.39. The van der Waals surface area contributed by atoms with Crippen LogP contribution in [-0.2, 0) is 6.54 Å². The van der Waals surface area contributed by atoms with E-state index in [4.69, 9.17) is 23.2 Å². The zero-order valence-corrected chi connectivity index (χ0v) is 19.0. The molecule has 9 heteroatoms. The zero-order chi connectivity index (χ0) is 22.9. The Morgan fingerprint density at radius 1 is 1.00 bits per heavy atom. The maximum Gasteiger partial charge on any atom is 0.261 e. The quantitative estimate of drug-likeness (QED) is 0.362. The summed E-state index contributed by atoms with van der Waals surface area (Å²) in [5.41, 5.74) is 5.15. The number of amides is 1. The predicted octanol–water partition coefficient (Wildman–Crippen LogP) is 5.51. The summed E-state index contributed by atoms with van der Waals surface area (Å²) in [6.45, 7) is 2.42. The third-order valence-corrected chi connectivity index (χ3v) is 5.97. The van der Waals surface area contributed by atoms with Gasteiger partial charge in [0.2, 0.25) is 0 Å². The first-order valence-electron chi connectivity index (χ1n) is 10.2. The molecule has 0 fully saturated rings. The highest BCUT2D eigenvalue weighted by Crippen LogP contribution is 2.26. The Labute approximate surface area is 199 Å². The lowest BCUT2D eigenvalue weighted by Crippen LogP contribution is -2.11. The summed E-state index contributed by atoms with van der Waals surface area (Å²) in [7, 11) is 0. The minimum atomic E-state index is -0.325. The van der Waals surface area contributed by atoms with E-state index in [9.17, 15) is 4.79 Å². The van der Waals surface area contributed by atoms with Crippen LogP contribution < -0.4 is 5.32 Å². The summed E-state index contributed by atoms with van der Waals surface area (Å²) in [5, 5.41) is 12.7. The molecule has 3 aromatic heterocycles. The molecule has 0 aliphatic rings. The smallest absolute Gasteiger partial charge is 0.261 e. The summed E-state index contributed by atoms with van der Waals surface area (Å²) in [6, 6.07) is 15.3. The largest absolute Gasteiger partial charge is 0.319 e. The van der Waals surface area contributed by atoms with E-state index in [-0.39, 0.29) is 5.91 Å². The van der Waals surface area contributed by atoms with Crippen molar-refractivity contribution < 1.29 is 4.79 Å². The van der Waals surface area contributed by atoms with Crippen molar-refractivity contribution in [2.24, 2.45) is 0 Å². The van der Waals surface area contributed by atoms with Crippen LogP contribution in [0.2, 0.25) is 10.0 Å². The molecular weight excluding hydrogens is 459 g/mol. The molecule has 5 aromatic rings. The van der Waals surface area contributed by atoms with Crippen LogP contribution in [0.25, 0.3) is 16.9 Å². The van der Waals surface area contributed by atoms with Crippen molar-refractivity contribution in [1.29, 1.82) is 0 Å². The minimum Gasteiger partial charge on any atom is -0.319 e. The molecule has 1 amide bonds. The number of carbonyl (C=O) groups is 1. The first-order chi connectivity index (χ1) is 16.0. The van der Waals surface area contributed by atoms with Crippen molar-refractivity contribution in [3.05, 3.63) is 100 Å². The molecule has 0 aliphatic carbocycles.